The molecule has 0 bridgehead atoms. The Balaban J connectivity index is 2.01. The topological polar surface area (TPSA) is 30.0 Å². The molecule has 2 nitrogen and oxygen atoms in total. The average molecular weight is 251 g/mol. The van der Waals surface area contributed by atoms with E-state index in [0.717, 1.165) is 22.0 Å². The van der Waals surface area contributed by atoms with Crippen LogP contribution in [0.25, 0.3) is 0 Å². The van der Waals surface area contributed by atoms with Crippen molar-refractivity contribution in [3.05, 3.63) is 38.0 Å². The quantitative estimate of drug-likeness (QED) is 0.777. The van der Waals surface area contributed by atoms with Crippen LogP contribution >= 0.6 is 22.7 Å². The van der Waals surface area contributed by atoms with Crippen LogP contribution < -0.4 is 0 Å². The Labute approximate surface area is 103 Å². The van der Waals surface area contributed by atoms with E-state index in [1.54, 1.807) is 11.3 Å². The minimum atomic E-state index is 0.219. The Hall–Kier alpha value is -1.00. The first-order chi connectivity index (χ1) is 7.66. The van der Waals surface area contributed by atoms with Crippen molar-refractivity contribution in [3.8, 4) is 0 Å². The summed E-state index contributed by atoms with van der Waals surface area (Å²) in [4.78, 5) is 18.3. The molecule has 0 spiro atoms. The largest absolute Gasteiger partial charge is 0.293 e. The molecule has 0 aromatic carbocycles. The highest BCUT2D eigenvalue weighted by atomic mass is 32.1. The number of aromatic nitrogens is 1. The molecule has 2 heterocycles. The van der Waals surface area contributed by atoms with Crippen LogP contribution in [-0.4, -0.2) is 10.8 Å². The zero-order chi connectivity index (χ0) is 11.5. The number of ketones is 1. The van der Waals surface area contributed by atoms with Gasteiger partial charge in [-0.05, 0) is 31.7 Å². The van der Waals surface area contributed by atoms with Gasteiger partial charge in [-0.25, -0.2) is 4.98 Å². The monoisotopic (exact) mass is 251 g/mol. The number of hydrogen-bond acceptors (Lipinski definition) is 4. The van der Waals surface area contributed by atoms with Crippen molar-refractivity contribution in [3.63, 3.8) is 0 Å². The summed E-state index contributed by atoms with van der Waals surface area (Å²) in [6, 6.07) is 4.09. The lowest BCUT2D eigenvalue weighted by atomic mass is 10.1. The smallest absolute Gasteiger partial charge is 0.175 e. The van der Waals surface area contributed by atoms with Crippen LogP contribution in [0.15, 0.2) is 17.5 Å². The molecule has 0 saturated heterocycles. The fourth-order valence-corrected chi connectivity index (χ4v) is 3.19. The van der Waals surface area contributed by atoms with Gasteiger partial charge in [-0.2, -0.15) is 0 Å². The van der Waals surface area contributed by atoms with Gasteiger partial charge >= 0.3 is 0 Å². The molecule has 2 rings (SSSR count). The van der Waals surface area contributed by atoms with Crippen LogP contribution in [0.2, 0.25) is 0 Å². The Morgan fingerprint density at radius 2 is 2.25 bits per heavy atom. The lowest BCUT2D eigenvalue weighted by Gasteiger charge is -1.97. The average Bonchev–Trinajstić information content (AvgIpc) is 2.84. The minimum absolute atomic E-state index is 0.219. The van der Waals surface area contributed by atoms with E-state index in [2.05, 4.69) is 11.1 Å². The van der Waals surface area contributed by atoms with E-state index in [4.69, 9.17) is 0 Å². The number of aryl methyl sites for hydroxylation is 3. The van der Waals surface area contributed by atoms with Crippen LogP contribution in [0.4, 0.5) is 0 Å². The van der Waals surface area contributed by atoms with Crippen molar-refractivity contribution in [1.82, 2.24) is 4.98 Å². The van der Waals surface area contributed by atoms with Crippen LogP contribution in [0, 0.1) is 13.8 Å². The van der Waals surface area contributed by atoms with Gasteiger partial charge in [-0.3, -0.25) is 4.79 Å². The fourth-order valence-electron chi connectivity index (χ4n) is 1.60. The number of carbonyl (C=O) groups excluding carboxylic acids is 1. The van der Waals surface area contributed by atoms with Crippen molar-refractivity contribution in [2.45, 2.75) is 26.7 Å². The van der Waals surface area contributed by atoms with E-state index in [0.29, 0.717) is 6.42 Å². The molecule has 0 amide bonds. The molecule has 4 heteroatoms. The molecule has 2 aromatic rings. The fraction of sp³-hybridized carbons (Fsp3) is 0.333. The third-order valence-electron chi connectivity index (χ3n) is 2.34. The molecular weight excluding hydrogens is 238 g/mol. The molecule has 16 heavy (non-hydrogen) atoms. The first kappa shape index (κ1) is 11.5. The molecule has 0 aliphatic heterocycles. The lowest BCUT2D eigenvalue weighted by Crippen LogP contribution is -1.99. The Morgan fingerprint density at radius 3 is 2.81 bits per heavy atom. The van der Waals surface area contributed by atoms with Crippen molar-refractivity contribution in [2.75, 3.05) is 0 Å². The Morgan fingerprint density at radius 1 is 1.44 bits per heavy atom. The molecular formula is C12H13NOS2. The van der Waals surface area contributed by atoms with Gasteiger partial charge in [0.15, 0.2) is 5.78 Å². The number of rotatable bonds is 4. The molecule has 2 aromatic heterocycles. The second-order valence-corrected chi connectivity index (χ2v) is 5.89. The van der Waals surface area contributed by atoms with Crippen LogP contribution in [0.5, 0.6) is 0 Å². The summed E-state index contributed by atoms with van der Waals surface area (Å²) in [6.45, 7) is 3.84. The highest BCUT2D eigenvalue weighted by molar-refractivity contribution is 7.13. The van der Waals surface area contributed by atoms with Gasteiger partial charge in [0.25, 0.3) is 0 Å². The van der Waals surface area contributed by atoms with Crippen LogP contribution in [0.1, 0.15) is 31.7 Å². The molecule has 84 valence electrons. The van der Waals surface area contributed by atoms with Gasteiger partial charge in [0.05, 0.1) is 15.6 Å². The van der Waals surface area contributed by atoms with E-state index in [1.807, 2.05) is 25.3 Å². The predicted molar refractivity (Wildman–Crippen MR) is 68.6 cm³/mol. The maximum Gasteiger partial charge on any atom is 0.175 e. The normalized spacial score (nSPS) is 10.6. The summed E-state index contributed by atoms with van der Waals surface area (Å²) in [5, 5.41) is 3.01. The van der Waals surface area contributed by atoms with Gasteiger partial charge in [0, 0.05) is 11.3 Å². The number of carbonyl (C=O) groups is 1. The SMILES string of the molecule is Cc1nc(C)c(C(=O)CCc2cccs2)s1. The molecule has 0 aliphatic carbocycles. The molecule has 0 unspecified atom stereocenters. The summed E-state index contributed by atoms with van der Waals surface area (Å²) < 4.78 is 0. The van der Waals surface area contributed by atoms with Crippen molar-refractivity contribution >= 4 is 28.5 Å². The van der Waals surface area contributed by atoms with Crippen molar-refractivity contribution in [2.24, 2.45) is 0 Å². The van der Waals surface area contributed by atoms with Crippen molar-refractivity contribution < 1.29 is 4.79 Å². The summed E-state index contributed by atoms with van der Waals surface area (Å²) in [7, 11) is 0. The summed E-state index contributed by atoms with van der Waals surface area (Å²) in [6.07, 6.45) is 1.43. The Kier molecular flexibility index (Phi) is 3.51. The number of thiazole rings is 1. The third kappa shape index (κ3) is 2.57. The van der Waals surface area contributed by atoms with E-state index in [-0.39, 0.29) is 5.78 Å². The van der Waals surface area contributed by atoms with Gasteiger partial charge in [0.1, 0.15) is 0 Å². The van der Waals surface area contributed by atoms with Crippen molar-refractivity contribution in [1.29, 1.82) is 0 Å². The van der Waals surface area contributed by atoms with Gasteiger partial charge in [-0.15, -0.1) is 22.7 Å². The van der Waals surface area contributed by atoms with E-state index >= 15 is 0 Å². The number of thiophene rings is 1. The van der Waals surface area contributed by atoms with Gasteiger partial charge in [0.2, 0.25) is 0 Å². The number of Topliss-reactive ketones (excluding diaryl/α,β-unsaturated/α-hetero) is 1. The number of hydrogen-bond donors (Lipinski definition) is 0. The Bertz CT molecular complexity index is 485. The third-order valence-corrected chi connectivity index (χ3v) is 4.39. The molecule has 0 fully saturated rings. The van der Waals surface area contributed by atoms with Gasteiger partial charge in [-0.1, -0.05) is 6.07 Å². The lowest BCUT2D eigenvalue weighted by molar-refractivity contribution is 0.0986. The molecule has 0 aliphatic rings. The molecule has 0 atom stereocenters. The minimum Gasteiger partial charge on any atom is -0.293 e. The molecule has 0 saturated carbocycles. The molecule has 0 radical (unpaired) electrons. The standard InChI is InChI=1S/C12H13NOS2/c1-8-12(16-9(2)13-8)11(14)6-5-10-4-3-7-15-10/h3-4,7H,5-6H2,1-2H3. The van der Waals surface area contributed by atoms with E-state index < -0.39 is 0 Å². The second kappa shape index (κ2) is 4.89. The first-order valence-corrected chi connectivity index (χ1v) is 6.86. The summed E-state index contributed by atoms with van der Waals surface area (Å²) >= 11 is 3.21. The number of nitrogens with zero attached hydrogens (tertiary/aromatic N) is 1. The first-order valence-electron chi connectivity index (χ1n) is 5.16. The summed E-state index contributed by atoms with van der Waals surface area (Å²) in [5.74, 6) is 0.219. The maximum absolute atomic E-state index is 11.9. The zero-order valence-electron chi connectivity index (χ0n) is 9.32. The molecule has 0 N–H and O–H groups in total. The van der Waals surface area contributed by atoms with E-state index in [1.165, 1.54) is 16.2 Å². The predicted octanol–water partition coefficient (Wildman–Crippen LogP) is 3.64. The van der Waals surface area contributed by atoms with E-state index in [9.17, 15) is 4.79 Å². The maximum atomic E-state index is 11.9. The summed E-state index contributed by atoms with van der Waals surface area (Å²) in [5.41, 5.74) is 0.874. The highest BCUT2D eigenvalue weighted by Gasteiger charge is 2.13. The van der Waals surface area contributed by atoms with Gasteiger partial charge < -0.3 is 0 Å². The highest BCUT2D eigenvalue weighted by Crippen LogP contribution is 2.20. The second-order valence-electron chi connectivity index (χ2n) is 3.65. The van der Waals surface area contributed by atoms with Crippen LogP contribution in [-0.2, 0) is 6.42 Å². The van der Waals surface area contributed by atoms with Crippen LogP contribution in [0.3, 0.4) is 0 Å². The zero-order valence-corrected chi connectivity index (χ0v) is 11.0.